The normalized spacial score (nSPS) is 11.1. The number of hydrogen-bond donors (Lipinski definition) is 1. The van der Waals surface area contributed by atoms with Gasteiger partial charge in [-0.2, -0.15) is 0 Å². The SMILES string of the molecule is CC(C)n1cnc2c(-c3ccccc3NC(=O)c3ccccc3)ncnc21. The lowest BCUT2D eigenvalue weighted by Gasteiger charge is -2.11. The summed E-state index contributed by atoms with van der Waals surface area (Å²) in [6, 6.07) is 17.0. The van der Waals surface area contributed by atoms with Gasteiger partial charge >= 0.3 is 0 Å². The lowest BCUT2D eigenvalue weighted by Crippen LogP contribution is -2.12. The molecule has 1 amide bonds. The summed E-state index contributed by atoms with van der Waals surface area (Å²) in [5.41, 5.74) is 4.29. The van der Waals surface area contributed by atoms with Crippen LogP contribution in [0.3, 0.4) is 0 Å². The molecule has 0 saturated heterocycles. The maximum absolute atomic E-state index is 12.6. The van der Waals surface area contributed by atoms with Crippen LogP contribution in [-0.4, -0.2) is 25.4 Å². The number of hydrogen-bond acceptors (Lipinski definition) is 4. The highest BCUT2D eigenvalue weighted by molar-refractivity contribution is 6.07. The number of nitrogens with one attached hydrogen (secondary N) is 1. The minimum atomic E-state index is -0.166. The van der Waals surface area contributed by atoms with Crippen molar-refractivity contribution in [3.63, 3.8) is 0 Å². The highest BCUT2D eigenvalue weighted by atomic mass is 16.1. The van der Waals surface area contributed by atoms with E-state index in [0.29, 0.717) is 22.5 Å². The number of carbonyl (C=O) groups excluding carboxylic acids is 1. The van der Waals surface area contributed by atoms with Gasteiger partial charge in [-0.25, -0.2) is 15.0 Å². The van der Waals surface area contributed by atoms with Gasteiger partial charge in [0, 0.05) is 17.2 Å². The van der Waals surface area contributed by atoms with Crippen LogP contribution in [-0.2, 0) is 0 Å². The van der Waals surface area contributed by atoms with Crippen LogP contribution in [0.25, 0.3) is 22.4 Å². The van der Waals surface area contributed by atoms with E-state index in [-0.39, 0.29) is 11.9 Å². The van der Waals surface area contributed by atoms with E-state index in [0.717, 1.165) is 11.2 Å². The fraction of sp³-hybridized carbons (Fsp3) is 0.143. The second-order valence-corrected chi connectivity index (χ2v) is 6.51. The Bertz CT molecular complexity index is 1100. The number of aromatic nitrogens is 4. The highest BCUT2D eigenvalue weighted by Gasteiger charge is 2.17. The Hall–Kier alpha value is -3.54. The van der Waals surface area contributed by atoms with Crippen molar-refractivity contribution in [1.82, 2.24) is 19.5 Å². The fourth-order valence-corrected chi connectivity index (χ4v) is 3.01. The summed E-state index contributed by atoms with van der Waals surface area (Å²) < 4.78 is 2.01. The fourth-order valence-electron chi connectivity index (χ4n) is 3.01. The van der Waals surface area contributed by atoms with Gasteiger partial charge in [0.15, 0.2) is 5.65 Å². The van der Waals surface area contributed by atoms with E-state index in [2.05, 4.69) is 34.1 Å². The van der Waals surface area contributed by atoms with Gasteiger partial charge in [0.25, 0.3) is 5.91 Å². The number of amides is 1. The molecule has 2 heterocycles. The summed E-state index contributed by atoms with van der Waals surface area (Å²) in [7, 11) is 0. The second-order valence-electron chi connectivity index (χ2n) is 6.51. The maximum atomic E-state index is 12.6. The first-order valence-corrected chi connectivity index (χ1v) is 8.78. The lowest BCUT2D eigenvalue weighted by molar-refractivity contribution is 0.102. The molecule has 2 aromatic heterocycles. The molecule has 0 bridgehead atoms. The van der Waals surface area contributed by atoms with Crippen LogP contribution in [0.5, 0.6) is 0 Å². The molecular formula is C21H19N5O. The van der Waals surface area contributed by atoms with Crippen LogP contribution in [0.2, 0.25) is 0 Å². The Labute approximate surface area is 156 Å². The third-order valence-corrected chi connectivity index (χ3v) is 4.38. The van der Waals surface area contributed by atoms with Crippen molar-refractivity contribution in [3.8, 4) is 11.3 Å². The zero-order valence-electron chi connectivity index (χ0n) is 15.1. The van der Waals surface area contributed by atoms with E-state index >= 15 is 0 Å². The topological polar surface area (TPSA) is 72.7 Å². The lowest BCUT2D eigenvalue weighted by atomic mass is 10.1. The van der Waals surface area contributed by atoms with Gasteiger partial charge < -0.3 is 9.88 Å². The summed E-state index contributed by atoms with van der Waals surface area (Å²) in [5, 5.41) is 2.99. The molecular weight excluding hydrogens is 338 g/mol. The Morgan fingerprint density at radius 2 is 1.70 bits per heavy atom. The van der Waals surface area contributed by atoms with Crippen molar-refractivity contribution in [2.45, 2.75) is 19.9 Å². The number of imidazole rings is 1. The zero-order chi connectivity index (χ0) is 18.8. The monoisotopic (exact) mass is 357 g/mol. The summed E-state index contributed by atoms with van der Waals surface area (Å²) in [6.07, 6.45) is 3.31. The summed E-state index contributed by atoms with van der Waals surface area (Å²) >= 11 is 0. The number of carbonyl (C=O) groups is 1. The van der Waals surface area contributed by atoms with Gasteiger partial charge in [0.05, 0.1) is 12.0 Å². The van der Waals surface area contributed by atoms with Gasteiger partial charge in [-0.15, -0.1) is 0 Å². The van der Waals surface area contributed by atoms with Crippen molar-refractivity contribution >= 4 is 22.8 Å². The highest BCUT2D eigenvalue weighted by Crippen LogP contribution is 2.31. The molecule has 0 saturated carbocycles. The van der Waals surface area contributed by atoms with E-state index in [1.54, 1.807) is 18.5 Å². The molecule has 27 heavy (non-hydrogen) atoms. The number of para-hydroxylation sites is 1. The summed E-state index contributed by atoms with van der Waals surface area (Å²) in [5.74, 6) is -0.166. The Balaban J connectivity index is 1.78. The molecule has 0 spiro atoms. The van der Waals surface area contributed by atoms with E-state index in [1.165, 1.54) is 6.33 Å². The number of nitrogens with zero attached hydrogens (tertiary/aromatic N) is 4. The molecule has 0 aliphatic rings. The molecule has 0 radical (unpaired) electrons. The first-order chi connectivity index (χ1) is 13.1. The molecule has 0 unspecified atom stereocenters. The van der Waals surface area contributed by atoms with Crippen molar-refractivity contribution < 1.29 is 4.79 Å². The average molecular weight is 357 g/mol. The molecule has 0 atom stereocenters. The Kier molecular flexibility index (Phi) is 4.38. The molecule has 6 heteroatoms. The van der Waals surface area contributed by atoms with Gasteiger partial charge in [0.1, 0.15) is 17.5 Å². The van der Waals surface area contributed by atoms with Gasteiger partial charge in [0.2, 0.25) is 0 Å². The second kappa shape index (κ2) is 6.99. The van der Waals surface area contributed by atoms with Gasteiger partial charge in [-0.05, 0) is 32.0 Å². The van der Waals surface area contributed by atoms with Crippen LogP contribution < -0.4 is 5.32 Å². The largest absolute Gasteiger partial charge is 0.321 e. The molecule has 4 rings (SSSR count). The first-order valence-electron chi connectivity index (χ1n) is 8.78. The standard InChI is InChI=1S/C21H19N5O/c1-14(2)26-13-24-19-18(22-12-23-20(19)26)16-10-6-7-11-17(16)25-21(27)15-8-4-3-5-9-15/h3-14H,1-2H3,(H,25,27). The third-order valence-electron chi connectivity index (χ3n) is 4.38. The number of fused-ring (bicyclic) bond motifs is 1. The molecule has 6 nitrogen and oxygen atoms in total. The molecule has 4 aromatic rings. The van der Waals surface area contributed by atoms with Crippen molar-refractivity contribution in [3.05, 3.63) is 72.8 Å². The minimum absolute atomic E-state index is 0.166. The quantitative estimate of drug-likeness (QED) is 0.590. The van der Waals surface area contributed by atoms with Crippen molar-refractivity contribution in [1.29, 1.82) is 0 Å². The van der Waals surface area contributed by atoms with Crippen LogP contribution in [0.15, 0.2) is 67.3 Å². The summed E-state index contributed by atoms with van der Waals surface area (Å²) in [4.78, 5) is 26.0. The minimum Gasteiger partial charge on any atom is -0.321 e. The van der Waals surface area contributed by atoms with Crippen molar-refractivity contribution in [2.24, 2.45) is 0 Å². The molecule has 134 valence electrons. The smallest absolute Gasteiger partial charge is 0.255 e. The maximum Gasteiger partial charge on any atom is 0.255 e. The molecule has 0 aliphatic carbocycles. The van der Waals surface area contributed by atoms with E-state index < -0.39 is 0 Å². The zero-order valence-corrected chi connectivity index (χ0v) is 15.1. The van der Waals surface area contributed by atoms with Crippen LogP contribution >= 0.6 is 0 Å². The number of rotatable bonds is 4. The van der Waals surface area contributed by atoms with Gasteiger partial charge in [-0.3, -0.25) is 4.79 Å². The van der Waals surface area contributed by atoms with Crippen molar-refractivity contribution in [2.75, 3.05) is 5.32 Å². The van der Waals surface area contributed by atoms with Gasteiger partial charge in [-0.1, -0.05) is 36.4 Å². The van der Waals surface area contributed by atoms with E-state index in [9.17, 15) is 4.79 Å². The van der Waals surface area contributed by atoms with E-state index in [4.69, 9.17) is 0 Å². The summed E-state index contributed by atoms with van der Waals surface area (Å²) in [6.45, 7) is 4.16. The molecule has 1 N–H and O–H groups in total. The van der Waals surface area contributed by atoms with Crippen LogP contribution in [0, 0.1) is 0 Å². The predicted octanol–water partition coefficient (Wildman–Crippen LogP) is 4.33. The molecule has 0 aliphatic heterocycles. The van der Waals surface area contributed by atoms with Crippen LogP contribution in [0.1, 0.15) is 30.2 Å². The predicted molar refractivity (Wildman–Crippen MR) is 106 cm³/mol. The first kappa shape index (κ1) is 16.9. The Morgan fingerprint density at radius 1 is 0.963 bits per heavy atom. The van der Waals surface area contributed by atoms with E-state index in [1.807, 2.05) is 47.0 Å². The number of anilines is 1. The van der Waals surface area contributed by atoms with Crippen LogP contribution in [0.4, 0.5) is 5.69 Å². The average Bonchev–Trinajstić information content (AvgIpc) is 3.14. The molecule has 0 fully saturated rings. The third kappa shape index (κ3) is 3.17. The molecule has 2 aromatic carbocycles. The number of benzene rings is 2. The Morgan fingerprint density at radius 3 is 2.48 bits per heavy atom.